The van der Waals surface area contributed by atoms with Crippen molar-refractivity contribution in [1.82, 2.24) is 0 Å². The van der Waals surface area contributed by atoms with Crippen LogP contribution < -0.4 is 0 Å². The number of carbonyl (C=O) groups is 1. The highest BCUT2D eigenvalue weighted by Gasteiger charge is 2.49. The summed E-state index contributed by atoms with van der Waals surface area (Å²) in [6, 6.07) is 0. The third-order valence-electron chi connectivity index (χ3n) is 2.96. The molecule has 0 heterocycles. The summed E-state index contributed by atoms with van der Waals surface area (Å²) in [4.78, 5) is 11.4. The molecule has 3 heteroatoms. The quantitative estimate of drug-likeness (QED) is 0.533. The zero-order chi connectivity index (χ0) is 9.41. The number of halogens is 2. The second-order valence-electron chi connectivity index (χ2n) is 4.17. The molecule has 1 aliphatic carbocycles. The smallest absolute Gasteiger partial charge is 0.214 e. The molecule has 0 bridgehead atoms. The third-order valence-corrected chi connectivity index (χ3v) is 6.00. The summed E-state index contributed by atoms with van der Waals surface area (Å²) in [6.45, 7) is 4.31. The van der Waals surface area contributed by atoms with E-state index in [0.29, 0.717) is 0 Å². The molecule has 0 aromatic rings. The van der Waals surface area contributed by atoms with Gasteiger partial charge in [0.15, 0.2) is 0 Å². The molecule has 0 saturated heterocycles. The van der Waals surface area contributed by atoms with E-state index in [2.05, 4.69) is 45.7 Å². The first-order chi connectivity index (χ1) is 5.40. The number of carbonyl (C=O) groups excluding carboxylic acids is 1. The Hall–Kier alpha value is 0.630. The first-order valence-electron chi connectivity index (χ1n) is 4.29. The van der Waals surface area contributed by atoms with Gasteiger partial charge in [-0.1, -0.05) is 42.6 Å². The minimum atomic E-state index is -0.335. The van der Waals surface area contributed by atoms with E-state index in [0.717, 1.165) is 19.3 Å². The van der Waals surface area contributed by atoms with Gasteiger partial charge in [-0.05, 0) is 34.2 Å². The number of hydrogen-bond acceptors (Lipinski definition) is 1. The van der Waals surface area contributed by atoms with Crippen molar-refractivity contribution in [2.24, 2.45) is 5.41 Å². The Labute approximate surface area is 90.5 Å². The maximum absolute atomic E-state index is 11.4. The molecule has 0 spiro atoms. The van der Waals surface area contributed by atoms with E-state index in [1.54, 1.807) is 0 Å². The lowest BCUT2D eigenvalue weighted by atomic mass is 9.69. The van der Waals surface area contributed by atoms with Gasteiger partial charge in [-0.25, -0.2) is 0 Å². The second-order valence-corrected chi connectivity index (χ2v) is 6.24. The molecule has 1 nitrogen and oxygen atoms in total. The highest BCUT2D eigenvalue weighted by Crippen LogP contribution is 2.50. The second kappa shape index (κ2) is 3.41. The normalized spacial score (nSPS) is 34.7. The van der Waals surface area contributed by atoms with Crippen molar-refractivity contribution in [2.75, 3.05) is 0 Å². The number of rotatable bonds is 1. The summed E-state index contributed by atoms with van der Waals surface area (Å²) in [5.74, 6) is 0. The van der Waals surface area contributed by atoms with Crippen molar-refractivity contribution in [3.8, 4) is 0 Å². The molecule has 70 valence electrons. The van der Waals surface area contributed by atoms with E-state index < -0.39 is 0 Å². The minimum absolute atomic E-state index is 0.0752. The standard InChI is InChI=1S/C9H14Br2O/c1-8(2)5-3-4-6-9(8,11)7(10)12/h3-6H2,1-2H3. The Balaban J connectivity index is 2.91. The Morgan fingerprint density at radius 2 is 1.75 bits per heavy atom. The molecule has 1 atom stereocenters. The van der Waals surface area contributed by atoms with E-state index in [1.165, 1.54) is 6.42 Å². The van der Waals surface area contributed by atoms with Gasteiger partial charge in [-0.2, -0.15) is 0 Å². The van der Waals surface area contributed by atoms with Crippen molar-refractivity contribution >= 4 is 36.6 Å². The van der Waals surface area contributed by atoms with Gasteiger partial charge in [0, 0.05) is 0 Å². The van der Waals surface area contributed by atoms with Crippen LogP contribution in [0.2, 0.25) is 0 Å². The molecule has 1 rings (SSSR count). The van der Waals surface area contributed by atoms with Gasteiger partial charge < -0.3 is 0 Å². The van der Waals surface area contributed by atoms with Gasteiger partial charge in [0.25, 0.3) is 0 Å². The van der Waals surface area contributed by atoms with Gasteiger partial charge in [-0.15, -0.1) is 0 Å². The van der Waals surface area contributed by atoms with Crippen LogP contribution in [0, 0.1) is 5.41 Å². The summed E-state index contributed by atoms with van der Waals surface area (Å²) >= 11 is 6.67. The van der Waals surface area contributed by atoms with Crippen molar-refractivity contribution < 1.29 is 4.79 Å². The average Bonchev–Trinajstić information content (AvgIpc) is 1.95. The van der Waals surface area contributed by atoms with Gasteiger partial charge in [0.2, 0.25) is 4.69 Å². The maximum atomic E-state index is 11.4. The Kier molecular flexibility index (Phi) is 3.04. The monoisotopic (exact) mass is 296 g/mol. The SMILES string of the molecule is CC1(C)CCCCC1(Br)C(=O)Br. The van der Waals surface area contributed by atoms with Crippen LogP contribution in [0.1, 0.15) is 39.5 Å². The molecule has 1 saturated carbocycles. The Morgan fingerprint density at radius 1 is 1.25 bits per heavy atom. The molecular formula is C9H14Br2O. The lowest BCUT2D eigenvalue weighted by molar-refractivity contribution is -0.115. The summed E-state index contributed by atoms with van der Waals surface area (Å²) in [5, 5.41) is 0. The Bertz CT molecular complexity index is 201. The van der Waals surface area contributed by atoms with Crippen LogP contribution in [0.5, 0.6) is 0 Å². The van der Waals surface area contributed by atoms with Crippen molar-refractivity contribution in [3.05, 3.63) is 0 Å². The highest BCUT2D eigenvalue weighted by molar-refractivity contribution is 9.20. The fraction of sp³-hybridized carbons (Fsp3) is 0.889. The lowest BCUT2D eigenvalue weighted by Gasteiger charge is -2.43. The Morgan fingerprint density at radius 3 is 2.08 bits per heavy atom. The van der Waals surface area contributed by atoms with Crippen molar-refractivity contribution in [3.63, 3.8) is 0 Å². The van der Waals surface area contributed by atoms with Crippen LogP contribution in [-0.4, -0.2) is 9.02 Å². The third kappa shape index (κ3) is 1.63. The summed E-state index contributed by atoms with van der Waals surface area (Å²) in [7, 11) is 0. The molecule has 12 heavy (non-hydrogen) atoms. The van der Waals surface area contributed by atoms with Crippen molar-refractivity contribution in [1.29, 1.82) is 0 Å². The van der Waals surface area contributed by atoms with E-state index in [1.807, 2.05) is 0 Å². The minimum Gasteiger partial charge on any atom is -0.285 e. The summed E-state index contributed by atoms with van der Waals surface area (Å²) < 4.78 is -0.238. The summed E-state index contributed by atoms with van der Waals surface area (Å²) in [6.07, 6.45) is 4.45. The molecule has 1 aliphatic rings. The van der Waals surface area contributed by atoms with Crippen molar-refractivity contribution in [2.45, 2.75) is 43.9 Å². The van der Waals surface area contributed by atoms with Gasteiger partial charge in [0.05, 0.1) is 4.32 Å². The predicted molar refractivity (Wildman–Crippen MR) is 57.8 cm³/mol. The first kappa shape index (κ1) is 10.7. The van der Waals surface area contributed by atoms with Crippen LogP contribution >= 0.6 is 31.9 Å². The van der Waals surface area contributed by atoms with Crippen LogP contribution in [0.15, 0.2) is 0 Å². The maximum Gasteiger partial charge on any atom is 0.214 e. The van der Waals surface area contributed by atoms with Gasteiger partial charge >= 0.3 is 0 Å². The van der Waals surface area contributed by atoms with Crippen LogP contribution in [0.3, 0.4) is 0 Å². The molecular weight excluding hydrogens is 284 g/mol. The van der Waals surface area contributed by atoms with Crippen LogP contribution in [0.4, 0.5) is 0 Å². The fourth-order valence-electron chi connectivity index (χ4n) is 1.84. The first-order valence-corrected chi connectivity index (χ1v) is 5.88. The molecule has 0 amide bonds. The molecule has 1 unspecified atom stereocenters. The number of alkyl halides is 1. The fourth-order valence-corrected chi connectivity index (χ4v) is 3.05. The molecule has 0 radical (unpaired) electrons. The highest BCUT2D eigenvalue weighted by atomic mass is 79.9. The van der Waals surface area contributed by atoms with E-state index in [9.17, 15) is 4.79 Å². The van der Waals surface area contributed by atoms with Crippen LogP contribution in [-0.2, 0) is 4.79 Å². The van der Waals surface area contributed by atoms with Gasteiger partial charge in [0.1, 0.15) is 0 Å². The summed E-state index contributed by atoms with van der Waals surface area (Å²) in [5.41, 5.74) is 0.0752. The van der Waals surface area contributed by atoms with Gasteiger partial charge in [-0.3, -0.25) is 4.79 Å². The molecule has 0 aromatic heterocycles. The topological polar surface area (TPSA) is 17.1 Å². The lowest BCUT2D eigenvalue weighted by Crippen LogP contribution is -2.46. The zero-order valence-corrected chi connectivity index (χ0v) is 10.7. The molecule has 0 aromatic carbocycles. The molecule has 0 aliphatic heterocycles. The van der Waals surface area contributed by atoms with E-state index in [4.69, 9.17) is 0 Å². The zero-order valence-electron chi connectivity index (χ0n) is 7.49. The largest absolute Gasteiger partial charge is 0.285 e. The average molecular weight is 298 g/mol. The molecule has 1 fully saturated rings. The van der Waals surface area contributed by atoms with Crippen LogP contribution in [0.25, 0.3) is 0 Å². The molecule has 0 N–H and O–H groups in total. The number of hydrogen-bond donors (Lipinski definition) is 0. The van der Waals surface area contributed by atoms with E-state index in [-0.39, 0.29) is 14.4 Å². The van der Waals surface area contributed by atoms with E-state index >= 15 is 0 Å². The predicted octanol–water partition coefficient (Wildman–Crippen LogP) is 3.64.